The van der Waals surface area contributed by atoms with Crippen LogP contribution in [0.15, 0.2) is 0 Å². The van der Waals surface area contributed by atoms with Gasteiger partial charge in [0.15, 0.2) is 0 Å². The molecule has 0 spiro atoms. The Hall–Kier alpha value is -1.06. The summed E-state index contributed by atoms with van der Waals surface area (Å²) < 4.78 is 0. The van der Waals surface area contributed by atoms with E-state index < -0.39 is 12.0 Å². The summed E-state index contributed by atoms with van der Waals surface area (Å²) >= 11 is 0. The Kier molecular flexibility index (Phi) is 4.16. The standard InChI is InChI=1S/C15H25NO3/c1-9(2)11-5-4-10(3)8-13(11)16-12(15(18)19)6-7-14(16)17/h9-13H,4-8H2,1-3H3,(H,18,19)/t10?,11?,12?,13-/m0/s1. The summed E-state index contributed by atoms with van der Waals surface area (Å²) in [6, 6.07) is -0.469. The molecule has 4 atom stereocenters. The van der Waals surface area contributed by atoms with Crippen LogP contribution in [0.4, 0.5) is 0 Å². The predicted molar refractivity (Wildman–Crippen MR) is 72.6 cm³/mol. The van der Waals surface area contributed by atoms with E-state index >= 15 is 0 Å². The molecular weight excluding hydrogens is 242 g/mol. The zero-order chi connectivity index (χ0) is 14.2. The van der Waals surface area contributed by atoms with Crippen LogP contribution in [-0.2, 0) is 9.59 Å². The first-order chi connectivity index (χ1) is 8.91. The van der Waals surface area contributed by atoms with Crippen molar-refractivity contribution in [2.45, 2.75) is 65.0 Å². The fraction of sp³-hybridized carbons (Fsp3) is 0.867. The Morgan fingerprint density at radius 1 is 1.32 bits per heavy atom. The van der Waals surface area contributed by atoms with Gasteiger partial charge in [0.2, 0.25) is 5.91 Å². The van der Waals surface area contributed by atoms with Gasteiger partial charge in [-0.2, -0.15) is 0 Å². The number of nitrogens with zero attached hydrogens (tertiary/aromatic N) is 1. The number of carboxylic acid groups (broad SMARTS) is 1. The van der Waals surface area contributed by atoms with Crippen molar-refractivity contribution in [1.82, 2.24) is 4.90 Å². The van der Waals surface area contributed by atoms with Crippen LogP contribution in [0.2, 0.25) is 0 Å². The van der Waals surface area contributed by atoms with E-state index in [1.54, 1.807) is 4.90 Å². The summed E-state index contributed by atoms with van der Waals surface area (Å²) in [5.74, 6) is 0.729. The maximum Gasteiger partial charge on any atom is 0.326 e. The Balaban J connectivity index is 2.24. The molecule has 1 aliphatic heterocycles. The summed E-state index contributed by atoms with van der Waals surface area (Å²) in [6.45, 7) is 6.58. The van der Waals surface area contributed by atoms with Crippen LogP contribution >= 0.6 is 0 Å². The van der Waals surface area contributed by atoms with Crippen LogP contribution in [0.5, 0.6) is 0 Å². The molecule has 108 valence electrons. The van der Waals surface area contributed by atoms with Gasteiger partial charge in [0.05, 0.1) is 0 Å². The van der Waals surface area contributed by atoms with E-state index in [2.05, 4.69) is 20.8 Å². The van der Waals surface area contributed by atoms with Gasteiger partial charge in [0.1, 0.15) is 6.04 Å². The molecule has 0 aromatic carbocycles. The number of likely N-dealkylation sites (tertiary alicyclic amines) is 1. The van der Waals surface area contributed by atoms with Crippen molar-refractivity contribution in [3.63, 3.8) is 0 Å². The minimum atomic E-state index is -0.841. The molecule has 1 amide bonds. The fourth-order valence-corrected chi connectivity index (χ4v) is 3.83. The smallest absolute Gasteiger partial charge is 0.326 e. The highest BCUT2D eigenvalue weighted by molar-refractivity contribution is 5.87. The molecule has 1 saturated heterocycles. The second kappa shape index (κ2) is 5.51. The highest BCUT2D eigenvalue weighted by atomic mass is 16.4. The normalized spacial score (nSPS) is 36.0. The van der Waals surface area contributed by atoms with E-state index in [1.807, 2.05) is 0 Å². The third-order valence-corrected chi connectivity index (χ3v) is 4.88. The molecule has 4 heteroatoms. The molecule has 1 heterocycles. The van der Waals surface area contributed by atoms with Crippen LogP contribution in [0.3, 0.4) is 0 Å². The van der Waals surface area contributed by atoms with Crippen molar-refractivity contribution in [3.05, 3.63) is 0 Å². The first-order valence-electron chi connectivity index (χ1n) is 7.45. The number of amides is 1. The summed E-state index contributed by atoms with van der Waals surface area (Å²) in [5.41, 5.74) is 0. The molecular formula is C15H25NO3. The van der Waals surface area contributed by atoms with Crippen LogP contribution in [0.1, 0.15) is 52.9 Å². The quantitative estimate of drug-likeness (QED) is 0.854. The zero-order valence-corrected chi connectivity index (χ0v) is 12.1. The van der Waals surface area contributed by atoms with Gasteiger partial charge in [-0.3, -0.25) is 4.79 Å². The molecule has 0 radical (unpaired) electrons. The number of carbonyl (C=O) groups excluding carboxylic acids is 1. The molecule has 19 heavy (non-hydrogen) atoms. The Morgan fingerprint density at radius 3 is 2.58 bits per heavy atom. The third kappa shape index (κ3) is 2.77. The van der Waals surface area contributed by atoms with Gasteiger partial charge in [-0.1, -0.05) is 27.2 Å². The Bertz CT molecular complexity index is 366. The largest absolute Gasteiger partial charge is 0.480 e. The lowest BCUT2D eigenvalue weighted by molar-refractivity contribution is -0.150. The van der Waals surface area contributed by atoms with Crippen molar-refractivity contribution in [2.75, 3.05) is 0 Å². The molecule has 0 bridgehead atoms. The van der Waals surface area contributed by atoms with E-state index in [9.17, 15) is 14.7 Å². The highest BCUT2D eigenvalue weighted by Crippen LogP contribution is 2.39. The molecule has 3 unspecified atom stereocenters. The number of aliphatic carboxylic acids is 1. The molecule has 0 aromatic heterocycles. The summed E-state index contributed by atoms with van der Waals surface area (Å²) in [6.07, 6.45) is 4.13. The second-order valence-electron chi connectivity index (χ2n) is 6.59. The molecule has 2 rings (SSSR count). The lowest BCUT2D eigenvalue weighted by Gasteiger charge is -2.43. The average Bonchev–Trinajstić information content (AvgIpc) is 2.70. The van der Waals surface area contributed by atoms with Gasteiger partial charge in [0.25, 0.3) is 0 Å². The van der Waals surface area contributed by atoms with Crippen molar-refractivity contribution in [3.8, 4) is 0 Å². The number of rotatable bonds is 3. The van der Waals surface area contributed by atoms with E-state index in [-0.39, 0.29) is 11.9 Å². The van der Waals surface area contributed by atoms with Gasteiger partial charge >= 0.3 is 5.97 Å². The number of carbonyl (C=O) groups is 2. The molecule has 2 aliphatic rings. The van der Waals surface area contributed by atoms with Crippen molar-refractivity contribution < 1.29 is 14.7 Å². The molecule has 4 nitrogen and oxygen atoms in total. The number of carboxylic acids is 1. The first-order valence-corrected chi connectivity index (χ1v) is 7.45. The number of hydrogen-bond donors (Lipinski definition) is 1. The van der Waals surface area contributed by atoms with Crippen LogP contribution in [0, 0.1) is 17.8 Å². The minimum Gasteiger partial charge on any atom is -0.480 e. The minimum absolute atomic E-state index is 0.0390. The maximum absolute atomic E-state index is 12.1. The second-order valence-corrected chi connectivity index (χ2v) is 6.59. The molecule has 0 aromatic rings. The van der Waals surface area contributed by atoms with Crippen molar-refractivity contribution in [2.24, 2.45) is 17.8 Å². The first kappa shape index (κ1) is 14.4. The maximum atomic E-state index is 12.1. The van der Waals surface area contributed by atoms with Crippen LogP contribution in [-0.4, -0.2) is 34.0 Å². The van der Waals surface area contributed by atoms with E-state index in [0.717, 1.165) is 12.8 Å². The SMILES string of the molecule is CC1CCC(C(C)C)[C@@H](N2C(=O)CCC2C(=O)O)C1. The topological polar surface area (TPSA) is 57.6 Å². The summed E-state index contributed by atoms with van der Waals surface area (Å²) in [7, 11) is 0. The van der Waals surface area contributed by atoms with Crippen LogP contribution in [0.25, 0.3) is 0 Å². The highest BCUT2D eigenvalue weighted by Gasteiger charge is 2.45. The third-order valence-electron chi connectivity index (χ3n) is 4.88. The lowest BCUT2D eigenvalue weighted by atomic mass is 9.73. The zero-order valence-electron chi connectivity index (χ0n) is 12.1. The predicted octanol–water partition coefficient (Wildman–Crippen LogP) is 2.52. The summed E-state index contributed by atoms with van der Waals surface area (Å²) in [5, 5.41) is 9.33. The molecule has 1 aliphatic carbocycles. The van der Waals surface area contributed by atoms with Crippen molar-refractivity contribution >= 4 is 11.9 Å². The Labute approximate surface area is 115 Å². The van der Waals surface area contributed by atoms with Gasteiger partial charge in [-0.05, 0) is 37.0 Å². The number of hydrogen-bond acceptors (Lipinski definition) is 2. The van der Waals surface area contributed by atoms with Gasteiger partial charge in [0, 0.05) is 12.5 Å². The molecule has 1 N–H and O–H groups in total. The van der Waals surface area contributed by atoms with Gasteiger partial charge < -0.3 is 10.0 Å². The summed E-state index contributed by atoms with van der Waals surface area (Å²) in [4.78, 5) is 25.2. The van der Waals surface area contributed by atoms with Crippen molar-refractivity contribution in [1.29, 1.82) is 0 Å². The van der Waals surface area contributed by atoms with E-state index in [0.29, 0.717) is 30.6 Å². The Morgan fingerprint density at radius 2 is 2.00 bits per heavy atom. The lowest BCUT2D eigenvalue weighted by Crippen LogP contribution is -2.52. The molecule has 2 fully saturated rings. The van der Waals surface area contributed by atoms with E-state index in [4.69, 9.17) is 0 Å². The fourth-order valence-electron chi connectivity index (χ4n) is 3.83. The molecule has 1 saturated carbocycles. The van der Waals surface area contributed by atoms with Crippen LogP contribution < -0.4 is 0 Å². The van der Waals surface area contributed by atoms with E-state index in [1.165, 1.54) is 6.42 Å². The van der Waals surface area contributed by atoms with Gasteiger partial charge in [-0.25, -0.2) is 4.79 Å². The average molecular weight is 267 g/mol. The monoisotopic (exact) mass is 267 g/mol. The van der Waals surface area contributed by atoms with Gasteiger partial charge in [-0.15, -0.1) is 0 Å².